The van der Waals surface area contributed by atoms with Crippen molar-refractivity contribution in [1.82, 2.24) is 4.98 Å². The summed E-state index contributed by atoms with van der Waals surface area (Å²) in [4.78, 5) is 3.92. The minimum atomic E-state index is 0.440. The summed E-state index contributed by atoms with van der Waals surface area (Å²) in [6.07, 6.45) is 3.08. The van der Waals surface area contributed by atoms with Crippen molar-refractivity contribution >= 4 is 34.0 Å². The highest BCUT2D eigenvalue weighted by molar-refractivity contribution is 6.40. The molecule has 0 atom stereocenters. The molecule has 0 N–H and O–H groups in total. The van der Waals surface area contributed by atoms with Crippen molar-refractivity contribution in [3.8, 4) is 6.07 Å². The van der Waals surface area contributed by atoms with E-state index in [-0.39, 0.29) is 0 Å². The Labute approximate surface area is 90.7 Å². The molecule has 1 heterocycles. The van der Waals surface area contributed by atoms with E-state index in [1.54, 1.807) is 18.3 Å². The first-order valence-corrected chi connectivity index (χ1v) is 4.61. The topological polar surface area (TPSA) is 36.7 Å². The van der Waals surface area contributed by atoms with Gasteiger partial charge in [0.25, 0.3) is 0 Å². The van der Waals surface area contributed by atoms with E-state index in [4.69, 9.17) is 28.5 Å². The molecule has 2 nitrogen and oxygen atoms in total. The molecule has 2 aromatic rings. The largest absolute Gasteiger partial charge is 0.263 e. The Kier molecular flexibility index (Phi) is 2.28. The van der Waals surface area contributed by atoms with Gasteiger partial charge in [-0.05, 0) is 12.1 Å². The van der Waals surface area contributed by atoms with Gasteiger partial charge in [0.2, 0.25) is 0 Å². The van der Waals surface area contributed by atoms with Gasteiger partial charge in [-0.1, -0.05) is 23.2 Å². The maximum atomic E-state index is 8.86. The van der Waals surface area contributed by atoms with Crippen molar-refractivity contribution in [3.05, 3.63) is 40.1 Å². The summed E-state index contributed by atoms with van der Waals surface area (Å²) in [5, 5.41) is 11.3. The lowest BCUT2D eigenvalue weighted by Gasteiger charge is -2.03. The fourth-order valence-electron chi connectivity index (χ4n) is 1.30. The second-order valence-corrected chi connectivity index (χ2v) is 3.57. The van der Waals surface area contributed by atoms with E-state index < -0.39 is 0 Å². The summed E-state index contributed by atoms with van der Waals surface area (Å²) in [5.74, 6) is 0. The van der Waals surface area contributed by atoms with Crippen molar-refractivity contribution in [3.63, 3.8) is 0 Å². The maximum Gasteiger partial charge on any atom is 0.101 e. The molecule has 68 valence electrons. The first-order chi connectivity index (χ1) is 6.74. The van der Waals surface area contributed by atoms with Crippen molar-refractivity contribution < 1.29 is 0 Å². The summed E-state index contributed by atoms with van der Waals surface area (Å²) in [6, 6.07) is 5.40. The Morgan fingerprint density at radius 3 is 2.57 bits per heavy atom. The number of rotatable bonds is 0. The standard InChI is InChI=1S/C10H4Cl2N2/c11-8-1-2-9(12)10-6(3-13)4-14-5-7(8)10/h1-2,4-5H. The minimum Gasteiger partial charge on any atom is -0.263 e. The first kappa shape index (κ1) is 9.26. The van der Waals surface area contributed by atoms with Gasteiger partial charge in [-0.2, -0.15) is 5.26 Å². The van der Waals surface area contributed by atoms with Gasteiger partial charge in [-0.3, -0.25) is 4.98 Å². The summed E-state index contributed by atoms with van der Waals surface area (Å²) in [6.45, 7) is 0. The fraction of sp³-hybridized carbons (Fsp3) is 0. The van der Waals surface area contributed by atoms with Crippen LogP contribution in [0.15, 0.2) is 24.5 Å². The molecule has 14 heavy (non-hydrogen) atoms. The van der Waals surface area contributed by atoms with Crippen molar-refractivity contribution in [1.29, 1.82) is 5.26 Å². The zero-order chi connectivity index (χ0) is 10.1. The number of aromatic nitrogens is 1. The molecule has 0 spiro atoms. The molecular formula is C10H4Cl2N2. The Balaban J connectivity index is 3.01. The smallest absolute Gasteiger partial charge is 0.101 e. The summed E-state index contributed by atoms with van der Waals surface area (Å²) >= 11 is 11.9. The molecule has 1 aromatic heterocycles. The van der Waals surface area contributed by atoms with E-state index in [1.165, 1.54) is 6.20 Å². The van der Waals surface area contributed by atoms with E-state index in [0.29, 0.717) is 26.4 Å². The van der Waals surface area contributed by atoms with E-state index in [0.717, 1.165) is 0 Å². The van der Waals surface area contributed by atoms with Crippen molar-refractivity contribution in [2.75, 3.05) is 0 Å². The second-order valence-electron chi connectivity index (χ2n) is 2.75. The molecule has 0 saturated carbocycles. The Morgan fingerprint density at radius 2 is 1.86 bits per heavy atom. The summed E-state index contributed by atoms with van der Waals surface area (Å²) < 4.78 is 0. The zero-order valence-electron chi connectivity index (χ0n) is 6.96. The molecule has 4 heteroatoms. The predicted octanol–water partition coefficient (Wildman–Crippen LogP) is 3.41. The lowest BCUT2D eigenvalue weighted by molar-refractivity contribution is 1.34. The van der Waals surface area contributed by atoms with Gasteiger partial charge < -0.3 is 0 Å². The average Bonchev–Trinajstić information content (AvgIpc) is 2.23. The van der Waals surface area contributed by atoms with E-state index >= 15 is 0 Å². The molecule has 0 aliphatic heterocycles. The summed E-state index contributed by atoms with van der Waals surface area (Å²) in [5.41, 5.74) is 0.440. The van der Waals surface area contributed by atoms with Gasteiger partial charge in [0.1, 0.15) is 6.07 Å². The van der Waals surface area contributed by atoms with Crippen molar-refractivity contribution in [2.24, 2.45) is 0 Å². The Hall–Kier alpha value is -1.30. The van der Waals surface area contributed by atoms with Crippen LogP contribution < -0.4 is 0 Å². The maximum absolute atomic E-state index is 8.86. The van der Waals surface area contributed by atoms with E-state index in [2.05, 4.69) is 4.98 Å². The van der Waals surface area contributed by atoms with Gasteiger partial charge in [-0.25, -0.2) is 0 Å². The molecular weight excluding hydrogens is 219 g/mol. The number of pyridine rings is 1. The van der Waals surface area contributed by atoms with Crippen LogP contribution in [-0.2, 0) is 0 Å². The predicted molar refractivity (Wildman–Crippen MR) is 56.5 cm³/mol. The monoisotopic (exact) mass is 222 g/mol. The van der Waals surface area contributed by atoms with Gasteiger partial charge in [-0.15, -0.1) is 0 Å². The van der Waals surface area contributed by atoms with E-state index in [1.807, 2.05) is 6.07 Å². The minimum absolute atomic E-state index is 0.440. The van der Waals surface area contributed by atoms with Crippen molar-refractivity contribution in [2.45, 2.75) is 0 Å². The third-order valence-corrected chi connectivity index (χ3v) is 2.58. The molecule has 0 fully saturated rings. The van der Waals surface area contributed by atoms with Crippen LogP contribution in [0.3, 0.4) is 0 Å². The number of hydrogen-bond acceptors (Lipinski definition) is 2. The first-order valence-electron chi connectivity index (χ1n) is 3.86. The van der Waals surface area contributed by atoms with Gasteiger partial charge >= 0.3 is 0 Å². The third kappa shape index (κ3) is 1.31. The average molecular weight is 223 g/mol. The number of nitrogens with zero attached hydrogens (tertiary/aromatic N) is 2. The summed E-state index contributed by atoms with van der Waals surface area (Å²) in [7, 11) is 0. The fourth-order valence-corrected chi connectivity index (χ4v) is 1.78. The van der Waals surface area contributed by atoms with Gasteiger partial charge in [0.15, 0.2) is 0 Å². The SMILES string of the molecule is N#Cc1cncc2c(Cl)ccc(Cl)c12. The number of halogens is 2. The van der Waals surface area contributed by atoms with Gasteiger partial charge in [0.05, 0.1) is 10.6 Å². The van der Waals surface area contributed by atoms with E-state index in [9.17, 15) is 0 Å². The number of fused-ring (bicyclic) bond motifs is 1. The van der Waals surface area contributed by atoms with Crippen LogP contribution in [0.5, 0.6) is 0 Å². The molecule has 0 aliphatic carbocycles. The highest BCUT2D eigenvalue weighted by atomic mass is 35.5. The highest BCUT2D eigenvalue weighted by Gasteiger charge is 2.07. The van der Waals surface area contributed by atoms with Crippen LogP contribution in [0.1, 0.15) is 5.56 Å². The normalized spacial score (nSPS) is 10.1. The van der Waals surface area contributed by atoms with Crippen LogP contribution in [0, 0.1) is 11.3 Å². The highest BCUT2D eigenvalue weighted by Crippen LogP contribution is 2.30. The molecule has 0 saturated heterocycles. The molecule has 0 bridgehead atoms. The quantitative estimate of drug-likeness (QED) is 0.686. The lowest BCUT2D eigenvalue weighted by atomic mass is 10.1. The van der Waals surface area contributed by atoms with Crippen LogP contribution in [0.4, 0.5) is 0 Å². The molecule has 0 aliphatic rings. The molecule has 0 radical (unpaired) electrons. The van der Waals surface area contributed by atoms with Crippen LogP contribution in [-0.4, -0.2) is 4.98 Å². The third-order valence-electron chi connectivity index (χ3n) is 1.94. The Bertz CT molecular complexity index is 544. The van der Waals surface area contributed by atoms with Crippen LogP contribution in [0.2, 0.25) is 10.0 Å². The second kappa shape index (κ2) is 3.45. The van der Waals surface area contributed by atoms with Gasteiger partial charge in [0, 0.05) is 28.2 Å². The number of benzene rings is 1. The molecule has 0 amide bonds. The lowest BCUT2D eigenvalue weighted by Crippen LogP contribution is -1.84. The van der Waals surface area contributed by atoms with Crippen LogP contribution >= 0.6 is 23.2 Å². The number of hydrogen-bond donors (Lipinski definition) is 0. The van der Waals surface area contributed by atoms with Crippen LogP contribution in [0.25, 0.3) is 10.8 Å². The number of nitriles is 1. The molecule has 0 unspecified atom stereocenters. The zero-order valence-corrected chi connectivity index (χ0v) is 8.47. The molecule has 1 aromatic carbocycles. The molecule has 2 rings (SSSR count). The Morgan fingerprint density at radius 1 is 1.14 bits per heavy atom.